The van der Waals surface area contributed by atoms with Gasteiger partial charge >= 0.3 is 29.6 Å². The van der Waals surface area contributed by atoms with Crippen molar-refractivity contribution >= 4 is 46.7 Å². The standard InChI is InChI=1S/C30H35Cl2N3O4.Na/c1-18(19-5-7-20(8-6-19)27(38)33-14-11-25(36)37)35-28(39)26(21-15-23(31)17-24(32)16-21)34-30(35)12-9-22(10-13-30)29(2,3)4;/h5-8,15-18,22H,9-14H2,1-4H3,(H,33,38)(H,36,37);/q;+1/p-1/t18-,22?,30?;/m1./s1. The SMILES string of the molecule is C[C@H](c1ccc(C(=O)NCCC(=O)[O-])cc1)N1C(=O)C(c2cc(Cl)cc(Cl)c2)=NC12CCC(C(C)(C)C)CC2.[Na+]. The van der Waals surface area contributed by atoms with E-state index >= 15 is 0 Å². The van der Waals surface area contributed by atoms with Gasteiger partial charge in [-0.15, -0.1) is 0 Å². The van der Waals surface area contributed by atoms with E-state index in [0.29, 0.717) is 32.8 Å². The van der Waals surface area contributed by atoms with E-state index in [2.05, 4.69) is 26.1 Å². The average molecular weight is 595 g/mol. The van der Waals surface area contributed by atoms with Crippen molar-refractivity contribution in [3.63, 3.8) is 0 Å². The Morgan fingerprint density at radius 1 is 1.10 bits per heavy atom. The number of hydrogen-bond donors (Lipinski definition) is 1. The van der Waals surface area contributed by atoms with Gasteiger partial charge in [0.1, 0.15) is 11.4 Å². The second-order valence-corrected chi connectivity index (χ2v) is 12.5. The van der Waals surface area contributed by atoms with Crippen LogP contribution in [-0.4, -0.2) is 40.6 Å². The zero-order chi connectivity index (χ0) is 28.5. The molecule has 2 amide bonds. The molecule has 1 spiro atoms. The minimum atomic E-state index is -1.22. The molecule has 1 aliphatic carbocycles. The third kappa shape index (κ3) is 7.11. The number of halogens is 2. The molecular formula is C30H34Cl2N3NaO4. The Kier molecular flexibility index (Phi) is 10.6. The van der Waals surface area contributed by atoms with E-state index in [-0.39, 0.29) is 65.8 Å². The number of amides is 2. The third-order valence-corrected chi connectivity index (χ3v) is 8.43. The molecular weight excluding hydrogens is 560 g/mol. The first kappa shape index (κ1) is 32.6. The number of rotatable bonds is 7. The molecule has 4 rings (SSSR count). The molecule has 2 aromatic rings. The second-order valence-electron chi connectivity index (χ2n) is 11.6. The fourth-order valence-corrected chi connectivity index (χ4v) is 6.29. The summed E-state index contributed by atoms with van der Waals surface area (Å²) in [6.45, 7) is 8.75. The molecule has 1 fully saturated rings. The Morgan fingerprint density at radius 3 is 2.20 bits per heavy atom. The molecule has 0 radical (unpaired) electrons. The summed E-state index contributed by atoms with van der Waals surface area (Å²) >= 11 is 12.6. The molecule has 0 bridgehead atoms. The van der Waals surface area contributed by atoms with Crippen LogP contribution < -0.4 is 40.0 Å². The zero-order valence-corrected chi connectivity index (χ0v) is 27.2. The number of nitrogens with zero attached hydrogens (tertiary/aromatic N) is 2. The van der Waals surface area contributed by atoms with E-state index in [1.54, 1.807) is 30.3 Å². The zero-order valence-electron chi connectivity index (χ0n) is 23.7. The molecule has 2 aromatic carbocycles. The van der Waals surface area contributed by atoms with Gasteiger partial charge in [-0.1, -0.05) is 56.1 Å². The number of carboxylic acid groups (broad SMARTS) is 1. The van der Waals surface area contributed by atoms with Crippen molar-refractivity contribution < 1.29 is 49.0 Å². The number of benzene rings is 2. The fraction of sp³-hybridized carbons (Fsp3) is 0.467. The summed E-state index contributed by atoms with van der Waals surface area (Å²) in [6, 6.07) is 11.8. The first-order valence-corrected chi connectivity index (χ1v) is 14.0. The molecule has 1 aliphatic heterocycles. The number of hydrogen-bond acceptors (Lipinski definition) is 5. The first-order chi connectivity index (χ1) is 18.3. The van der Waals surface area contributed by atoms with Crippen LogP contribution in [0.4, 0.5) is 0 Å². The van der Waals surface area contributed by atoms with Gasteiger partial charge in [0.25, 0.3) is 11.8 Å². The van der Waals surface area contributed by atoms with Crippen LogP contribution in [0.1, 0.15) is 87.3 Å². The molecule has 0 aromatic heterocycles. The van der Waals surface area contributed by atoms with E-state index in [4.69, 9.17) is 28.2 Å². The van der Waals surface area contributed by atoms with Gasteiger partial charge in [0, 0.05) is 40.1 Å². The Balaban J connectivity index is 0.00000441. The minimum Gasteiger partial charge on any atom is -0.550 e. The number of aliphatic imine (C=N–C) groups is 1. The summed E-state index contributed by atoms with van der Waals surface area (Å²) < 4.78 is 0. The third-order valence-electron chi connectivity index (χ3n) is 7.99. The topological polar surface area (TPSA) is 102 Å². The maximum atomic E-state index is 14.0. The van der Waals surface area contributed by atoms with Gasteiger partial charge in [-0.05, 0) is 79.8 Å². The Labute approximate surface area is 268 Å². The van der Waals surface area contributed by atoms with E-state index in [0.717, 1.165) is 31.2 Å². The molecule has 2 aliphatic rings. The maximum absolute atomic E-state index is 14.0. The predicted octanol–water partition coefficient (Wildman–Crippen LogP) is 2.19. The van der Waals surface area contributed by atoms with Gasteiger partial charge in [0.05, 0.1) is 6.04 Å². The number of aliphatic carboxylic acids is 1. The van der Waals surface area contributed by atoms with Crippen molar-refractivity contribution in [3.05, 3.63) is 69.2 Å². The summed E-state index contributed by atoms with van der Waals surface area (Å²) in [6.07, 6.45) is 3.16. The van der Waals surface area contributed by atoms with Crippen LogP contribution in [0.3, 0.4) is 0 Å². The van der Waals surface area contributed by atoms with Crippen molar-refractivity contribution in [2.45, 2.75) is 71.5 Å². The predicted molar refractivity (Wildman–Crippen MR) is 151 cm³/mol. The summed E-state index contributed by atoms with van der Waals surface area (Å²) in [7, 11) is 0. The normalized spacial score (nSPS) is 21.6. The minimum absolute atomic E-state index is 0. The van der Waals surface area contributed by atoms with Crippen LogP contribution in [0.5, 0.6) is 0 Å². The Bertz CT molecular complexity index is 1280. The van der Waals surface area contributed by atoms with Crippen LogP contribution in [0.25, 0.3) is 0 Å². The molecule has 7 nitrogen and oxygen atoms in total. The van der Waals surface area contributed by atoms with E-state index in [1.165, 1.54) is 0 Å². The fourth-order valence-electron chi connectivity index (χ4n) is 5.77. The number of carbonyl (C=O) groups excluding carboxylic acids is 3. The average Bonchev–Trinajstić information content (AvgIpc) is 3.13. The van der Waals surface area contributed by atoms with Gasteiger partial charge in [0.15, 0.2) is 0 Å². The molecule has 1 saturated carbocycles. The number of carboxylic acids is 1. The van der Waals surface area contributed by atoms with Gasteiger partial charge in [-0.3, -0.25) is 14.6 Å². The molecule has 1 N–H and O–H groups in total. The van der Waals surface area contributed by atoms with Crippen LogP contribution >= 0.6 is 23.2 Å². The summed E-state index contributed by atoms with van der Waals surface area (Å²) in [5.74, 6) is -1.22. The summed E-state index contributed by atoms with van der Waals surface area (Å²) in [5.41, 5.74) is 1.74. The van der Waals surface area contributed by atoms with Crippen molar-refractivity contribution in [1.82, 2.24) is 10.2 Å². The van der Waals surface area contributed by atoms with Gasteiger partial charge in [-0.25, -0.2) is 0 Å². The molecule has 208 valence electrons. The molecule has 0 saturated heterocycles. The Morgan fingerprint density at radius 2 is 1.68 bits per heavy atom. The smallest absolute Gasteiger partial charge is 0.550 e. The van der Waals surface area contributed by atoms with Crippen LogP contribution in [-0.2, 0) is 9.59 Å². The molecule has 10 heteroatoms. The molecule has 0 unspecified atom stereocenters. The maximum Gasteiger partial charge on any atom is 1.00 e. The van der Waals surface area contributed by atoms with E-state index in [1.807, 2.05) is 24.0 Å². The van der Waals surface area contributed by atoms with Crippen molar-refractivity contribution in [3.8, 4) is 0 Å². The molecule has 1 atom stereocenters. The van der Waals surface area contributed by atoms with Gasteiger partial charge in [0.2, 0.25) is 0 Å². The second kappa shape index (κ2) is 13.0. The summed E-state index contributed by atoms with van der Waals surface area (Å²) in [4.78, 5) is 44.0. The van der Waals surface area contributed by atoms with Crippen molar-refractivity contribution in [2.75, 3.05) is 6.54 Å². The largest absolute Gasteiger partial charge is 1.00 e. The first-order valence-electron chi connectivity index (χ1n) is 13.3. The number of carbonyl (C=O) groups is 3. The molecule has 1 heterocycles. The van der Waals surface area contributed by atoms with Gasteiger partial charge < -0.3 is 20.1 Å². The molecule has 40 heavy (non-hydrogen) atoms. The Hall–Kier alpha value is -1.90. The summed E-state index contributed by atoms with van der Waals surface area (Å²) in [5, 5.41) is 14.1. The van der Waals surface area contributed by atoms with E-state index < -0.39 is 11.6 Å². The monoisotopic (exact) mass is 593 g/mol. The van der Waals surface area contributed by atoms with Crippen molar-refractivity contribution in [1.29, 1.82) is 0 Å². The van der Waals surface area contributed by atoms with E-state index in [9.17, 15) is 19.5 Å². The number of nitrogens with one attached hydrogen (secondary N) is 1. The van der Waals surface area contributed by atoms with Crippen molar-refractivity contribution in [2.24, 2.45) is 16.3 Å². The quantitative estimate of drug-likeness (QED) is 0.497. The van der Waals surface area contributed by atoms with Crippen LogP contribution in [0, 0.1) is 11.3 Å². The van der Waals surface area contributed by atoms with Gasteiger partial charge in [-0.2, -0.15) is 0 Å². The van der Waals surface area contributed by atoms with Crippen LogP contribution in [0.15, 0.2) is 47.5 Å². The van der Waals surface area contributed by atoms with Crippen LogP contribution in [0.2, 0.25) is 10.0 Å².